The van der Waals surface area contributed by atoms with Crippen LogP contribution in [0.3, 0.4) is 0 Å². The zero-order valence-corrected chi connectivity index (χ0v) is 14.4. The molecule has 0 radical (unpaired) electrons. The monoisotopic (exact) mass is 351 g/mol. The first-order chi connectivity index (χ1) is 12.2. The van der Waals surface area contributed by atoms with E-state index in [1.807, 2.05) is 54.6 Å². The van der Waals surface area contributed by atoms with Gasteiger partial charge in [0, 0.05) is 22.7 Å². The van der Waals surface area contributed by atoms with Crippen LogP contribution in [-0.2, 0) is 11.2 Å². The van der Waals surface area contributed by atoms with Crippen LogP contribution in [0.2, 0.25) is 5.02 Å². The Morgan fingerprint density at radius 2 is 1.72 bits per heavy atom. The van der Waals surface area contributed by atoms with Gasteiger partial charge in [-0.15, -0.1) is 0 Å². The molecule has 2 N–H and O–H groups in total. The van der Waals surface area contributed by atoms with Crippen LogP contribution in [0.15, 0.2) is 54.6 Å². The highest BCUT2D eigenvalue weighted by atomic mass is 35.5. The van der Waals surface area contributed by atoms with Crippen LogP contribution in [0.25, 0.3) is 11.1 Å². The second-order valence-electron chi connectivity index (χ2n) is 6.41. The van der Waals surface area contributed by atoms with E-state index in [1.165, 1.54) is 12.8 Å². The molecular formula is C20H18ClN3O. The quantitative estimate of drug-likeness (QED) is 0.694. The molecule has 126 valence electrons. The number of aromatic nitrogens is 2. The molecule has 1 aliphatic carbocycles. The topological polar surface area (TPSA) is 57.8 Å². The van der Waals surface area contributed by atoms with Gasteiger partial charge in [-0.1, -0.05) is 48.0 Å². The number of rotatable bonds is 5. The molecule has 1 fully saturated rings. The molecule has 1 aromatic heterocycles. The van der Waals surface area contributed by atoms with E-state index in [2.05, 4.69) is 15.5 Å². The molecule has 1 aliphatic rings. The van der Waals surface area contributed by atoms with E-state index in [4.69, 9.17) is 11.6 Å². The Hall–Kier alpha value is -2.59. The minimum absolute atomic E-state index is 0.0620. The summed E-state index contributed by atoms with van der Waals surface area (Å²) in [5.74, 6) is 1.14. The molecular weight excluding hydrogens is 334 g/mol. The van der Waals surface area contributed by atoms with Crippen molar-refractivity contribution in [3.63, 3.8) is 0 Å². The largest absolute Gasteiger partial charge is 0.309 e. The number of hydrogen-bond donors (Lipinski definition) is 2. The molecule has 2 aromatic carbocycles. The third-order valence-electron chi connectivity index (χ3n) is 4.38. The van der Waals surface area contributed by atoms with Crippen molar-refractivity contribution >= 4 is 23.3 Å². The Balaban J connectivity index is 1.38. The normalized spacial score (nSPS) is 13.6. The Kier molecular flexibility index (Phi) is 4.28. The van der Waals surface area contributed by atoms with Crippen molar-refractivity contribution in [2.45, 2.75) is 25.2 Å². The van der Waals surface area contributed by atoms with E-state index in [-0.39, 0.29) is 5.91 Å². The minimum atomic E-state index is -0.0620. The molecule has 0 atom stereocenters. The third-order valence-corrected chi connectivity index (χ3v) is 4.63. The lowest BCUT2D eigenvalue weighted by molar-refractivity contribution is -0.115. The summed E-state index contributed by atoms with van der Waals surface area (Å²) in [6.45, 7) is 0. The van der Waals surface area contributed by atoms with Crippen molar-refractivity contribution in [2.75, 3.05) is 5.32 Å². The molecule has 0 bridgehead atoms. The number of anilines is 1. The zero-order chi connectivity index (χ0) is 17.2. The van der Waals surface area contributed by atoms with E-state index in [0.29, 0.717) is 18.2 Å². The predicted molar refractivity (Wildman–Crippen MR) is 99.8 cm³/mol. The fourth-order valence-electron chi connectivity index (χ4n) is 2.83. The average Bonchev–Trinajstić information content (AvgIpc) is 3.36. The maximum atomic E-state index is 12.2. The lowest BCUT2D eigenvalue weighted by Crippen LogP contribution is -2.14. The van der Waals surface area contributed by atoms with Crippen LogP contribution in [0.4, 0.5) is 5.82 Å². The van der Waals surface area contributed by atoms with Crippen LogP contribution in [0.5, 0.6) is 0 Å². The number of nitrogens with one attached hydrogen (secondary N) is 2. The highest BCUT2D eigenvalue weighted by molar-refractivity contribution is 6.30. The Labute approximate surface area is 151 Å². The summed E-state index contributed by atoms with van der Waals surface area (Å²) in [6.07, 6.45) is 2.73. The van der Waals surface area contributed by atoms with E-state index >= 15 is 0 Å². The highest BCUT2D eigenvalue weighted by Crippen LogP contribution is 2.39. The number of halogens is 1. The van der Waals surface area contributed by atoms with Gasteiger partial charge >= 0.3 is 0 Å². The van der Waals surface area contributed by atoms with Crippen molar-refractivity contribution in [3.05, 3.63) is 70.9 Å². The van der Waals surface area contributed by atoms with Crippen molar-refractivity contribution in [1.29, 1.82) is 0 Å². The molecule has 4 rings (SSSR count). The van der Waals surface area contributed by atoms with Gasteiger partial charge in [0.15, 0.2) is 5.82 Å². The molecule has 0 spiro atoms. The van der Waals surface area contributed by atoms with Crippen molar-refractivity contribution in [3.8, 4) is 11.1 Å². The molecule has 1 amide bonds. The summed E-state index contributed by atoms with van der Waals surface area (Å²) < 4.78 is 0. The van der Waals surface area contributed by atoms with Gasteiger partial charge in [0.1, 0.15) is 0 Å². The molecule has 0 unspecified atom stereocenters. The summed E-state index contributed by atoms with van der Waals surface area (Å²) in [6, 6.07) is 17.6. The molecule has 1 heterocycles. The smallest absolute Gasteiger partial charge is 0.229 e. The van der Waals surface area contributed by atoms with Crippen LogP contribution < -0.4 is 5.32 Å². The van der Waals surface area contributed by atoms with Gasteiger partial charge in [-0.3, -0.25) is 9.89 Å². The van der Waals surface area contributed by atoms with Crippen molar-refractivity contribution in [2.24, 2.45) is 0 Å². The zero-order valence-electron chi connectivity index (χ0n) is 13.6. The van der Waals surface area contributed by atoms with Crippen molar-refractivity contribution in [1.82, 2.24) is 10.2 Å². The van der Waals surface area contributed by atoms with Gasteiger partial charge in [-0.05, 0) is 41.7 Å². The molecule has 1 saturated carbocycles. The van der Waals surface area contributed by atoms with Gasteiger partial charge < -0.3 is 5.32 Å². The molecule has 3 aromatic rings. The fourth-order valence-corrected chi connectivity index (χ4v) is 2.96. The summed E-state index contributed by atoms with van der Waals surface area (Å²) in [5.41, 5.74) is 4.28. The van der Waals surface area contributed by atoms with E-state index < -0.39 is 0 Å². The minimum Gasteiger partial charge on any atom is -0.309 e. The molecule has 5 heteroatoms. The lowest BCUT2D eigenvalue weighted by Gasteiger charge is -2.05. The van der Waals surface area contributed by atoms with Gasteiger partial charge in [0.05, 0.1) is 6.42 Å². The predicted octanol–water partition coefficient (Wildman–Crippen LogP) is 4.79. The summed E-state index contributed by atoms with van der Waals surface area (Å²) in [5, 5.41) is 10.7. The van der Waals surface area contributed by atoms with E-state index in [0.717, 1.165) is 27.4 Å². The first kappa shape index (κ1) is 15.9. The molecule has 0 saturated heterocycles. The Morgan fingerprint density at radius 1 is 1.08 bits per heavy atom. The van der Waals surface area contributed by atoms with E-state index in [9.17, 15) is 4.79 Å². The van der Waals surface area contributed by atoms with Crippen LogP contribution >= 0.6 is 11.6 Å². The molecule has 25 heavy (non-hydrogen) atoms. The number of hydrogen-bond acceptors (Lipinski definition) is 2. The fraction of sp³-hybridized carbons (Fsp3) is 0.200. The Morgan fingerprint density at radius 3 is 2.36 bits per heavy atom. The first-order valence-electron chi connectivity index (χ1n) is 8.37. The third kappa shape index (κ3) is 3.91. The Bertz CT molecular complexity index is 880. The van der Waals surface area contributed by atoms with Crippen LogP contribution in [0, 0.1) is 0 Å². The van der Waals surface area contributed by atoms with Crippen LogP contribution in [-0.4, -0.2) is 16.1 Å². The van der Waals surface area contributed by atoms with Crippen molar-refractivity contribution < 1.29 is 4.79 Å². The second kappa shape index (κ2) is 6.73. The number of H-pyrrole nitrogens is 1. The highest BCUT2D eigenvalue weighted by Gasteiger charge is 2.25. The standard InChI is InChI=1S/C20H18ClN3O/c21-17-9-7-15(8-10-17)14-3-1-13(2-4-14)11-20(25)22-19-12-18(23-24-19)16-5-6-16/h1-4,7-10,12,16H,5-6,11H2,(H2,22,23,24,25). The first-order valence-corrected chi connectivity index (χ1v) is 8.75. The number of carbonyl (C=O) groups excluding carboxylic acids is 1. The number of amides is 1. The van der Waals surface area contributed by atoms with E-state index in [1.54, 1.807) is 0 Å². The van der Waals surface area contributed by atoms with Gasteiger partial charge in [-0.2, -0.15) is 5.10 Å². The summed E-state index contributed by atoms with van der Waals surface area (Å²) in [4.78, 5) is 12.2. The molecule has 0 aliphatic heterocycles. The maximum Gasteiger partial charge on any atom is 0.229 e. The number of aromatic amines is 1. The maximum absolute atomic E-state index is 12.2. The lowest BCUT2D eigenvalue weighted by atomic mass is 10.0. The van der Waals surface area contributed by atoms with Gasteiger partial charge in [0.25, 0.3) is 0 Å². The average molecular weight is 352 g/mol. The van der Waals surface area contributed by atoms with Gasteiger partial charge in [0.2, 0.25) is 5.91 Å². The number of nitrogens with zero attached hydrogens (tertiary/aromatic N) is 1. The second-order valence-corrected chi connectivity index (χ2v) is 6.85. The van der Waals surface area contributed by atoms with Crippen LogP contribution in [0.1, 0.15) is 30.0 Å². The summed E-state index contributed by atoms with van der Waals surface area (Å²) >= 11 is 5.92. The SMILES string of the molecule is O=C(Cc1ccc(-c2ccc(Cl)cc2)cc1)Nc1cc(C2CC2)[nH]n1. The van der Waals surface area contributed by atoms with Gasteiger partial charge in [-0.25, -0.2) is 0 Å². The summed E-state index contributed by atoms with van der Waals surface area (Å²) in [7, 11) is 0. The molecule has 4 nitrogen and oxygen atoms in total. The number of benzene rings is 2. The number of carbonyl (C=O) groups is 1.